The van der Waals surface area contributed by atoms with Crippen LogP contribution in [-0.4, -0.2) is 15.7 Å². The van der Waals surface area contributed by atoms with Crippen LogP contribution in [0.15, 0.2) is 54.1 Å². The molecule has 0 unspecified atom stereocenters. The number of nitrogens with zero attached hydrogens (tertiary/aromatic N) is 1. The third-order valence-corrected chi connectivity index (χ3v) is 4.70. The topological polar surface area (TPSA) is 52.5 Å². The van der Waals surface area contributed by atoms with E-state index in [1.807, 2.05) is 30.3 Å². The summed E-state index contributed by atoms with van der Waals surface area (Å²) >= 11 is 0. The normalized spacial score (nSPS) is 17.7. The van der Waals surface area contributed by atoms with Crippen molar-refractivity contribution in [1.82, 2.24) is 9.97 Å². The Morgan fingerprint density at radius 3 is 2.91 bits per heavy atom. The van der Waals surface area contributed by atoms with Gasteiger partial charge < -0.3 is 4.98 Å². The summed E-state index contributed by atoms with van der Waals surface area (Å²) in [5.74, 6) is 0.812. The predicted molar refractivity (Wildman–Crippen MR) is 93.6 cm³/mol. The van der Waals surface area contributed by atoms with Crippen LogP contribution in [0.2, 0.25) is 0 Å². The summed E-state index contributed by atoms with van der Waals surface area (Å²) in [6.07, 6.45) is 6.39. The first-order chi connectivity index (χ1) is 11.3. The number of aromatic amines is 1. The lowest BCUT2D eigenvalue weighted by atomic mass is 9.91. The number of allylic oxidation sites excluding steroid dienone is 3. The second kappa shape index (κ2) is 4.53. The van der Waals surface area contributed by atoms with Crippen molar-refractivity contribution in [2.45, 2.75) is 12.8 Å². The van der Waals surface area contributed by atoms with Crippen LogP contribution >= 0.6 is 0 Å². The maximum absolute atomic E-state index is 8.58. The molecular formula is C20H15N3. The highest BCUT2D eigenvalue weighted by Crippen LogP contribution is 2.42. The van der Waals surface area contributed by atoms with E-state index in [9.17, 15) is 0 Å². The third-order valence-electron chi connectivity index (χ3n) is 4.70. The van der Waals surface area contributed by atoms with Gasteiger partial charge in [0.1, 0.15) is 5.82 Å². The Kier molecular flexibility index (Phi) is 2.48. The minimum Gasteiger partial charge on any atom is -0.338 e. The van der Waals surface area contributed by atoms with E-state index in [1.165, 1.54) is 16.7 Å². The van der Waals surface area contributed by atoms with Gasteiger partial charge in [0.25, 0.3) is 0 Å². The van der Waals surface area contributed by atoms with Crippen LogP contribution in [0, 0.1) is 5.41 Å². The molecule has 0 amide bonds. The summed E-state index contributed by atoms with van der Waals surface area (Å²) in [4.78, 5) is 7.96. The first-order valence-corrected chi connectivity index (χ1v) is 7.90. The zero-order valence-electron chi connectivity index (χ0n) is 12.6. The largest absolute Gasteiger partial charge is 0.338 e. The molecule has 0 saturated carbocycles. The summed E-state index contributed by atoms with van der Waals surface area (Å²) in [5, 5.41) is 8.58. The molecule has 2 N–H and O–H groups in total. The van der Waals surface area contributed by atoms with Crippen LogP contribution in [0.4, 0.5) is 0 Å². The monoisotopic (exact) mass is 297 g/mol. The Labute approximate surface area is 133 Å². The second-order valence-corrected chi connectivity index (χ2v) is 6.07. The maximum atomic E-state index is 8.58. The Morgan fingerprint density at radius 2 is 2.00 bits per heavy atom. The average molecular weight is 297 g/mol. The van der Waals surface area contributed by atoms with Crippen molar-refractivity contribution in [1.29, 1.82) is 5.41 Å². The van der Waals surface area contributed by atoms with Crippen LogP contribution in [0.25, 0.3) is 22.7 Å². The highest BCUT2D eigenvalue weighted by atomic mass is 14.9. The number of imidazole rings is 1. The van der Waals surface area contributed by atoms with Crippen LogP contribution < -0.4 is 0 Å². The number of aryl methyl sites for hydroxylation is 1. The summed E-state index contributed by atoms with van der Waals surface area (Å²) < 4.78 is 0. The van der Waals surface area contributed by atoms with E-state index in [2.05, 4.69) is 34.2 Å². The zero-order chi connectivity index (χ0) is 15.4. The molecule has 0 radical (unpaired) electrons. The van der Waals surface area contributed by atoms with Crippen LogP contribution in [0.3, 0.4) is 0 Å². The van der Waals surface area contributed by atoms with Gasteiger partial charge in [-0.3, -0.25) is 5.41 Å². The smallest absolute Gasteiger partial charge is 0.131 e. The van der Waals surface area contributed by atoms with E-state index in [1.54, 1.807) is 0 Å². The van der Waals surface area contributed by atoms with Crippen molar-refractivity contribution in [2.75, 3.05) is 0 Å². The molecule has 0 bridgehead atoms. The van der Waals surface area contributed by atoms with Gasteiger partial charge in [0, 0.05) is 11.1 Å². The molecule has 1 aromatic heterocycles. The maximum Gasteiger partial charge on any atom is 0.131 e. The summed E-state index contributed by atoms with van der Waals surface area (Å²) in [6, 6.07) is 14.3. The number of rotatable bonds is 1. The lowest BCUT2D eigenvalue weighted by molar-refractivity contribution is 0.980. The summed E-state index contributed by atoms with van der Waals surface area (Å²) in [5.41, 5.74) is 8.44. The number of fused-ring (bicyclic) bond motifs is 1. The lowest BCUT2D eigenvalue weighted by Crippen LogP contribution is -1.97. The summed E-state index contributed by atoms with van der Waals surface area (Å²) in [6.45, 7) is 0. The summed E-state index contributed by atoms with van der Waals surface area (Å²) in [7, 11) is 0. The molecule has 3 nitrogen and oxygen atoms in total. The fraction of sp³-hybridized carbons (Fsp3) is 0.100. The van der Waals surface area contributed by atoms with Gasteiger partial charge in [-0.15, -0.1) is 0 Å². The van der Waals surface area contributed by atoms with Gasteiger partial charge in [0.15, 0.2) is 0 Å². The number of benzene rings is 2. The molecule has 2 aliphatic carbocycles. The van der Waals surface area contributed by atoms with Gasteiger partial charge in [-0.1, -0.05) is 36.4 Å². The molecule has 0 spiro atoms. The number of hydrogen-bond acceptors (Lipinski definition) is 2. The Bertz CT molecular complexity index is 1000. The fourth-order valence-corrected chi connectivity index (χ4v) is 3.66. The molecule has 0 fully saturated rings. The van der Waals surface area contributed by atoms with Gasteiger partial charge in [-0.25, -0.2) is 4.98 Å². The third kappa shape index (κ3) is 1.77. The number of aromatic nitrogens is 2. The standard InChI is InChI=1S/C20H15N3/c21-20-14-8-4-6-12-5-3-7-13(19(12)14)15(20)11-18-22-16-9-1-2-10-17(16)23-18/h1-2,4,6-11,21H,3,5H2,(H,22,23)/b15-11-,21-20?. The molecule has 1 heterocycles. The van der Waals surface area contributed by atoms with E-state index in [0.29, 0.717) is 5.71 Å². The van der Waals surface area contributed by atoms with E-state index in [0.717, 1.165) is 40.8 Å². The van der Waals surface area contributed by atoms with E-state index in [-0.39, 0.29) is 0 Å². The molecule has 110 valence electrons. The minimum atomic E-state index is 0.607. The number of nitrogens with one attached hydrogen (secondary N) is 2. The Morgan fingerprint density at radius 1 is 1.09 bits per heavy atom. The lowest BCUT2D eigenvalue weighted by Gasteiger charge is -2.13. The number of para-hydroxylation sites is 2. The van der Waals surface area contributed by atoms with Gasteiger partial charge in [-0.05, 0) is 47.8 Å². The first-order valence-electron chi connectivity index (χ1n) is 7.90. The van der Waals surface area contributed by atoms with Gasteiger partial charge >= 0.3 is 0 Å². The van der Waals surface area contributed by atoms with Gasteiger partial charge in [0.2, 0.25) is 0 Å². The van der Waals surface area contributed by atoms with E-state index >= 15 is 0 Å². The Hall–Kier alpha value is -2.94. The molecule has 0 saturated heterocycles. The molecule has 2 aromatic carbocycles. The van der Waals surface area contributed by atoms with Crippen molar-refractivity contribution in [3.63, 3.8) is 0 Å². The molecule has 2 aliphatic rings. The Balaban J connectivity index is 1.70. The highest BCUT2D eigenvalue weighted by molar-refractivity contribution is 6.30. The molecule has 3 heteroatoms. The second-order valence-electron chi connectivity index (χ2n) is 6.07. The predicted octanol–water partition coefficient (Wildman–Crippen LogP) is 4.36. The first kappa shape index (κ1) is 12.6. The SMILES string of the molecule is N=C1/C(=C\c2nc3ccccc3[nH]2)C2=CCCc3cccc1c32. The zero-order valence-corrected chi connectivity index (χ0v) is 12.6. The molecule has 23 heavy (non-hydrogen) atoms. The van der Waals surface area contributed by atoms with E-state index in [4.69, 9.17) is 5.41 Å². The molecule has 0 atom stereocenters. The highest BCUT2D eigenvalue weighted by Gasteiger charge is 2.30. The van der Waals surface area contributed by atoms with Crippen molar-refractivity contribution in [3.8, 4) is 0 Å². The quantitative estimate of drug-likeness (QED) is 0.689. The van der Waals surface area contributed by atoms with Gasteiger partial charge in [-0.2, -0.15) is 0 Å². The minimum absolute atomic E-state index is 0.607. The number of hydrogen-bond donors (Lipinski definition) is 2. The van der Waals surface area contributed by atoms with Crippen LogP contribution in [0.5, 0.6) is 0 Å². The van der Waals surface area contributed by atoms with Crippen molar-refractivity contribution in [2.24, 2.45) is 0 Å². The molecule has 3 aromatic rings. The van der Waals surface area contributed by atoms with E-state index < -0.39 is 0 Å². The van der Waals surface area contributed by atoms with Gasteiger partial charge in [0.05, 0.1) is 16.7 Å². The van der Waals surface area contributed by atoms with Crippen molar-refractivity contribution >= 4 is 28.4 Å². The van der Waals surface area contributed by atoms with Crippen LogP contribution in [0.1, 0.15) is 28.9 Å². The number of H-pyrrole nitrogens is 1. The molecule has 5 rings (SSSR count). The van der Waals surface area contributed by atoms with Crippen LogP contribution in [-0.2, 0) is 6.42 Å². The fourth-order valence-electron chi connectivity index (χ4n) is 3.66. The average Bonchev–Trinajstić information content (AvgIpc) is 3.11. The van der Waals surface area contributed by atoms with Crippen molar-refractivity contribution < 1.29 is 0 Å². The van der Waals surface area contributed by atoms with Crippen molar-refractivity contribution in [3.05, 3.63) is 76.6 Å². The molecule has 0 aliphatic heterocycles. The molecular weight excluding hydrogens is 282 g/mol.